The van der Waals surface area contributed by atoms with Crippen molar-refractivity contribution in [2.75, 3.05) is 26.4 Å². The molecule has 0 aromatic rings. The molecule has 1 spiro atoms. The van der Waals surface area contributed by atoms with Gasteiger partial charge >= 0.3 is 0 Å². The van der Waals surface area contributed by atoms with E-state index < -0.39 is 165 Å². The molecule has 2 bridgehead atoms. The monoisotopic (exact) mass is 1070 g/mol. The van der Waals surface area contributed by atoms with Crippen molar-refractivity contribution in [3.05, 3.63) is 0 Å². The molecule has 10 aliphatic rings. The SMILES string of the molecule is C[C@@H]1O[C@@H](O[C@H]2[C@H](O[C@@H]3[C@@H](O[C@@H]4O[C@@H](CO)[C@@H](O)[C@H](O)[C@@H]4O)[C@H](O[C@H]4CC[C@]5(C)[C@H]6CC[C@]78OC[C@@]9(CC[C@](C)(C=O)C[C@H]97)[C@H](O)C[C@@]8(C)[C@]6(C)CC[C@H]5C4(C)C)OC[C@@H]3O)O[C@H](CO)[C@@H](O)[C@@H]2O)[C@H](O)[C@H](O)[C@H]1O. The van der Waals surface area contributed by atoms with Crippen LogP contribution in [0.3, 0.4) is 0 Å². The molecule has 30 atom stereocenters. The fraction of sp³-hybridized carbons (Fsp3) is 0.981. The van der Waals surface area contributed by atoms with E-state index in [0.717, 1.165) is 51.2 Å². The highest BCUT2D eigenvalue weighted by Crippen LogP contribution is 2.80. The molecule has 0 amide bonds. The number of fused-ring (bicyclic) bond motifs is 4. The first-order valence-corrected chi connectivity index (χ1v) is 27.5. The summed E-state index contributed by atoms with van der Waals surface area (Å²) in [4.78, 5) is 12.6. The quantitative estimate of drug-likeness (QED) is 0.0827. The third-order valence-electron chi connectivity index (χ3n) is 22.3. The highest BCUT2D eigenvalue weighted by atomic mass is 16.8. The maximum absolute atomic E-state index is 12.6. The number of hydrogen-bond donors (Lipinski definition) is 12. The molecule has 75 heavy (non-hydrogen) atoms. The van der Waals surface area contributed by atoms with Crippen LogP contribution in [-0.2, 0) is 47.4 Å². The number of ether oxygens (including phenoxy) is 9. The van der Waals surface area contributed by atoms with E-state index >= 15 is 0 Å². The molecule has 10 fully saturated rings. The number of aliphatic hydroxyl groups excluding tert-OH is 12. The summed E-state index contributed by atoms with van der Waals surface area (Å²) in [5, 5.41) is 132. The van der Waals surface area contributed by atoms with Gasteiger partial charge in [0.15, 0.2) is 25.2 Å². The van der Waals surface area contributed by atoms with Gasteiger partial charge in [0.25, 0.3) is 0 Å². The van der Waals surface area contributed by atoms with Crippen LogP contribution in [0.2, 0.25) is 0 Å². The molecule has 22 nitrogen and oxygen atoms in total. The van der Waals surface area contributed by atoms with Gasteiger partial charge in [-0.3, -0.25) is 0 Å². The van der Waals surface area contributed by atoms with E-state index in [0.29, 0.717) is 25.9 Å². The summed E-state index contributed by atoms with van der Waals surface area (Å²) in [6.07, 6.45) is -24.0. The summed E-state index contributed by atoms with van der Waals surface area (Å²) in [7, 11) is 0. The van der Waals surface area contributed by atoms with Crippen LogP contribution in [0.25, 0.3) is 0 Å². The van der Waals surface area contributed by atoms with E-state index in [4.69, 9.17) is 42.6 Å². The summed E-state index contributed by atoms with van der Waals surface area (Å²) in [5.41, 5.74) is -2.67. The second-order valence-electron chi connectivity index (χ2n) is 26.2. The lowest BCUT2D eigenvalue weighted by Crippen LogP contribution is -2.74. The summed E-state index contributed by atoms with van der Waals surface area (Å²) in [6, 6.07) is 0. The van der Waals surface area contributed by atoms with Crippen LogP contribution in [0.1, 0.15) is 113 Å². The second-order valence-corrected chi connectivity index (χ2v) is 26.2. The molecule has 0 unspecified atom stereocenters. The lowest BCUT2D eigenvalue weighted by Gasteiger charge is -2.75. The summed E-state index contributed by atoms with van der Waals surface area (Å²) < 4.78 is 56.8. The average Bonchev–Trinajstić information content (AvgIpc) is 3.84. The van der Waals surface area contributed by atoms with E-state index in [1.807, 2.05) is 0 Å². The van der Waals surface area contributed by atoms with E-state index in [-0.39, 0.29) is 39.4 Å². The highest BCUT2D eigenvalue weighted by Gasteiger charge is 2.80. The van der Waals surface area contributed by atoms with Crippen molar-refractivity contribution in [2.24, 2.45) is 50.2 Å². The first-order valence-electron chi connectivity index (χ1n) is 27.5. The van der Waals surface area contributed by atoms with Gasteiger partial charge in [-0.2, -0.15) is 0 Å². The lowest BCUT2D eigenvalue weighted by atomic mass is 9.30. The molecule has 5 aliphatic heterocycles. The largest absolute Gasteiger partial charge is 0.394 e. The van der Waals surface area contributed by atoms with Crippen molar-refractivity contribution >= 4 is 6.29 Å². The number of carbonyl (C=O) groups excluding carboxylic acids is 1. The van der Waals surface area contributed by atoms with Crippen LogP contribution in [-0.4, -0.2) is 229 Å². The van der Waals surface area contributed by atoms with Crippen molar-refractivity contribution in [2.45, 2.75) is 247 Å². The molecule has 430 valence electrons. The maximum atomic E-state index is 12.6. The fourth-order valence-corrected chi connectivity index (χ4v) is 17.6. The van der Waals surface area contributed by atoms with Gasteiger partial charge in [0.05, 0.1) is 50.3 Å². The number of hydrogen-bond acceptors (Lipinski definition) is 22. The Morgan fingerprint density at radius 1 is 0.560 bits per heavy atom. The van der Waals surface area contributed by atoms with Crippen LogP contribution >= 0.6 is 0 Å². The van der Waals surface area contributed by atoms with Gasteiger partial charge in [0.2, 0.25) is 0 Å². The molecule has 22 heteroatoms. The smallest absolute Gasteiger partial charge is 0.187 e. The zero-order valence-electron chi connectivity index (χ0n) is 44.3. The molecule has 10 rings (SSSR count). The molecule has 5 heterocycles. The first-order chi connectivity index (χ1) is 35.2. The third kappa shape index (κ3) is 8.54. The number of aldehydes is 1. The number of carbonyl (C=O) groups is 1. The van der Waals surface area contributed by atoms with Gasteiger partial charge in [0, 0.05) is 16.2 Å². The van der Waals surface area contributed by atoms with Crippen LogP contribution in [0.5, 0.6) is 0 Å². The normalized spacial score (nSPS) is 58.5. The van der Waals surface area contributed by atoms with E-state index in [1.165, 1.54) is 6.92 Å². The minimum atomic E-state index is -1.92. The Bertz CT molecular complexity index is 2050. The summed E-state index contributed by atoms with van der Waals surface area (Å²) in [6.45, 7) is 13.5. The van der Waals surface area contributed by atoms with Crippen molar-refractivity contribution < 1.29 is 109 Å². The molecule has 5 saturated carbocycles. The molecule has 0 aromatic carbocycles. The lowest BCUT2D eigenvalue weighted by molar-refractivity contribution is -0.401. The van der Waals surface area contributed by atoms with Gasteiger partial charge in [-0.15, -0.1) is 0 Å². The highest BCUT2D eigenvalue weighted by molar-refractivity contribution is 5.59. The van der Waals surface area contributed by atoms with Crippen LogP contribution < -0.4 is 0 Å². The first kappa shape index (κ1) is 57.1. The maximum Gasteiger partial charge on any atom is 0.187 e. The standard InChI is InChI=1S/C53H86O22/c1-23-32(59)35(62)38(65)43(69-23)74-41-37(64)34(61)26(19-55)71-46(41)73-40-24(57)20-67-45(42(40)75-44-39(66)36(63)33(60)25(18-54)70-44)72-31-10-11-49(5)27(47(31,2)3)8-12-50(6)28(49)9-13-53-29-16-48(4,21-56)14-15-52(29,22-68-53)30(58)17-51(50,53)7/h21,23-46,54-55,57-66H,8-20,22H2,1-7H3/t23-,24-,25-,26+,27-,28+,29+,30+,31-,32-,33+,34+,35+,36-,37-,38+,39-,40-,41+,42+,43-,44-,45-,46-,48-,49-,50+,51-,52+,53-/m0/s1. The second kappa shape index (κ2) is 20.1. The van der Waals surface area contributed by atoms with Gasteiger partial charge < -0.3 is 109 Å². The summed E-state index contributed by atoms with van der Waals surface area (Å²) in [5.74, 6) is 0.408. The van der Waals surface area contributed by atoms with E-state index in [9.17, 15) is 66.1 Å². The number of aliphatic hydroxyl groups is 12. The molecular formula is C53H86O22. The molecular weight excluding hydrogens is 989 g/mol. The molecule has 0 radical (unpaired) electrons. The van der Waals surface area contributed by atoms with Gasteiger partial charge in [0.1, 0.15) is 91.7 Å². The van der Waals surface area contributed by atoms with Crippen LogP contribution in [0.15, 0.2) is 0 Å². The Hall–Kier alpha value is -1.17. The van der Waals surface area contributed by atoms with Crippen LogP contribution in [0, 0.1) is 50.2 Å². The predicted octanol–water partition coefficient (Wildman–Crippen LogP) is -1.50. The third-order valence-corrected chi connectivity index (χ3v) is 22.3. The van der Waals surface area contributed by atoms with Gasteiger partial charge in [-0.25, -0.2) is 0 Å². The molecule has 12 N–H and O–H groups in total. The Morgan fingerprint density at radius 2 is 1.16 bits per heavy atom. The molecule has 5 aliphatic carbocycles. The summed E-state index contributed by atoms with van der Waals surface area (Å²) >= 11 is 0. The van der Waals surface area contributed by atoms with Crippen molar-refractivity contribution in [1.82, 2.24) is 0 Å². The minimum absolute atomic E-state index is 0.0639. The van der Waals surface area contributed by atoms with E-state index in [1.54, 1.807) is 0 Å². The minimum Gasteiger partial charge on any atom is -0.394 e. The van der Waals surface area contributed by atoms with Crippen molar-refractivity contribution in [3.63, 3.8) is 0 Å². The van der Waals surface area contributed by atoms with Gasteiger partial charge in [-0.05, 0) is 105 Å². The Morgan fingerprint density at radius 3 is 1.83 bits per heavy atom. The van der Waals surface area contributed by atoms with E-state index in [2.05, 4.69) is 41.5 Å². The van der Waals surface area contributed by atoms with Crippen molar-refractivity contribution in [3.8, 4) is 0 Å². The average molecular weight is 1080 g/mol. The van der Waals surface area contributed by atoms with Gasteiger partial charge in [-0.1, -0.05) is 41.5 Å². The van der Waals surface area contributed by atoms with Crippen LogP contribution in [0.4, 0.5) is 0 Å². The fourth-order valence-electron chi connectivity index (χ4n) is 17.6. The number of rotatable bonds is 11. The molecule has 5 saturated heterocycles. The Labute approximate surface area is 437 Å². The molecule has 0 aromatic heterocycles. The van der Waals surface area contributed by atoms with Crippen molar-refractivity contribution in [1.29, 1.82) is 0 Å². The zero-order chi connectivity index (χ0) is 54.3. The Kier molecular flexibility index (Phi) is 15.3. The zero-order valence-corrected chi connectivity index (χ0v) is 44.3. The topological polar surface area (TPSA) is 343 Å². The Balaban J connectivity index is 0.934. The predicted molar refractivity (Wildman–Crippen MR) is 255 cm³/mol.